The molecule has 1 amide bonds. The number of hydrogen-bond donors (Lipinski definition) is 1. The van der Waals surface area contributed by atoms with Gasteiger partial charge >= 0.3 is 5.97 Å². The number of nitrogens with one attached hydrogen (secondary N) is 1. The van der Waals surface area contributed by atoms with Gasteiger partial charge in [-0.2, -0.15) is 0 Å². The van der Waals surface area contributed by atoms with Crippen LogP contribution in [0.2, 0.25) is 5.02 Å². The van der Waals surface area contributed by atoms with Crippen molar-refractivity contribution >= 4 is 35.2 Å². The lowest BCUT2D eigenvalue weighted by Gasteiger charge is -2.05. The van der Waals surface area contributed by atoms with Crippen molar-refractivity contribution in [2.45, 2.75) is 6.54 Å². The number of carbonyl (C=O) groups excluding carboxylic acids is 2. The Morgan fingerprint density at radius 3 is 2.75 bits per heavy atom. The van der Waals surface area contributed by atoms with Crippen molar-refractivity contribution in [2.24, 2.45) is 0 Å². The fourth-order valence-electron chi connectivity index (χ4n) is 2.34. The van der Waals surface area contributed by atoms with Crippen molar-refractivity contribution in [1.82, 2.24) is 15.0 Å². The van der Waals surface area contributed by atoms with Gasteiger partial charge in [0.2, 0.25) is 0 Å². The molecule has 142 valence electrons. The molecule has 0 atom stereocenters. The number of esters is 1. The summed E-state index contributed by atoms with van der Waals surface area (Å²) in [5, 5.41) is 11.1. The molecule has 0 fully saturated rings. The summed E-state index contributed by atoms with van der Waals surface area (Å²) in [5.41, 5.74) is 2.13. The number of rotatable bonds is 7. The highest BCUT2D eigenvalue weighted by molar-refractivity contribution is 6.30. The summed E-state index contributed by atoms with van der Waals surface area (Å²) < 4.78 is 6.57. The molecule has 3 aromatic rings. The quantitative estimate of drug-likeness (QED) is 0.489. The van der Waals surface area contributed by atoms with E-state index in [1.807, 2.05) is 30.3 Å². The second-order valence-electron chi connectivity index (χ2n) is 5.83. The molecular weight excluding hydrogens is 380 g/mol. The molecule has 0 radical (unpaired) electrons. The Bertz CT molecular complexity index is 986. The minimum absolute atomic E-state index is 0.406. The molecule has 0 unspecified atom stereocenters. The zero-order chi connectivity index (χ0) is 19.8. The highest BCUT2D eigenvalue weighted by Gasteiger charge is 2.06. The Morgan fingerprint density at radius 1 is 1.14 bits per heavy atom. The molecule has 0 bridgehead atoms. The average Bonchev–Trinajstić information content (AvgIpc) is 3.13. The molecule has 28 heavy (non-hydrogen) atoms. The first-order valence-electron chi connectivity index (χ1n) is 8.43. The number of amides is 1. The first-order valence-corrected chi connectivity index (χ1v) is 8.80. The van der Waals surface area contributed by atoms with E-state index in [9.17, 15) is 9.59 Å². The number of aromatic nitrogens is 3. The molecule has 1 heterocycles. The molecular formula is C20H17ClN4O3. The molecule has 8 heteroatoms. The fourth-order valence-corrected chi connectivity index (χ4v) is 2.53. The van der Waals surface area contributed by atoms with Crippen LogP contribution in [-0.4, -0.2) is 33.5 Å². The molecule has 0 saturated carbocycles. The Kier molecular flexibility index (Phi) is 6.54. The molecule has 0 aliphatic carbocycles. The number of ether oxygens (including phenoxy) is 1. The zero-order valence-electron chi connectivity index (χ0n) is 14.8. The van der Waals surface area contributed by atoms with Crippen molar-refractivity contribution in [3.63, 3.8) is 0 Å². The molecule has 1 aromatic heterocycles. The molecule has 2 aromatic carbocycles. The average molecular weight is 397 g/mol. The highest BCUT2D eigenvalue weighted by atomic mass is 35.5. The number of hydrogen-bond acceptors (Lipinski definition) is 5. The summed E-state index contributed by atoms with van der Waals surface area (Å²) in [6.45, 7) is 0.173. The fraction of sp³-hybridized carbons (Fsp3) is 0.100. The van der Waals surface area contributed by atoms with Gasteiger partial charge in [0.25, 0.3) is 5.91 Å². The van der Waals surface area contributed by atoms with E-state index >= 15 is 0 Å². The van der Waals surface area contributed by atoms with E-state index in [0.717, 1.165) is 5.56 Å². The molecule has 0 aliphatic heterocycles. The summed E-state index contributed by atoms with van der Waals surface area (Å²) in [4.78, 5) is 23.6. The summed E-state index contributed by atoms with van der Waals surface area (Å²) in [7, 11) is 0. The number of anilines is 1. The van der Waals surface area contributed by atoms with Gasteiger partial charge in [-0.1, -0.05) is 53.2 Å². The monoisotopic (exact) mass is 396 g/mol. The van der Waals surface area contributed by atoms with Crippen LogP contribution in [0.3, 0.4) is 0 Å². The Balaban J connectivity index is 1.45. The van der Waals surface area contributed by atoms with Crippen molar-refractivity contribution in [3.05, 3.63) is 83.2 Å². The van der Waals surface area contributed by atoms with Crippen LogP contribution >= 0.6 is 11.6 Å². The largest absolute Gasteiger partial charge is 0.452 e. The Labute approximate surface area is 166 Å². The van der Waals surface area contributed by atoms with Crippen molar-refractivity contribution in [1.29, 1.82) is 0 Å². The minimum Gasteiger partial charge on any atom is -0.452 e. The lowest BCUT2D eigenvalue weighted by atomic mass is 10.2. The standard InChI is InChI=1S/C20H17ClN4O3/c21-16-7-4-8-17(11-16)22-19(26)14-28-20(27)10-9-18-13-25(24-23-18)12-15-5-2-1-3-6-15/h1-11,13H,12,14H2,(H,22,26)/b10-9+. The Hall–Kier alpha value is -3.45. The van der Waals surface area contributed by atoms with Gasteiger partial charge in [0.15, 0.2) is 6.61 Å². The van der Waals surface area contributed by atoms with Crippen LogP contribution in [0.1, 0.15) is 11.3 Å². The van der Waals surface area contributed by atoms with Crippen LogP contribution in [0, 0.1) is 0 Å². The van der Waals surface area contributed by atoms with Gasteiger partial charge in [-0.3, -0.25) is 4.79 Å². The topological polar surface area (TPSA) is 86.1 Å². The number of benzene rings is 2. The zero-order valence-corrected chi connectivity index (χ0v) is 15.5. The van der Waals surface area contributed by atoms with Crippen molar-refractivity contribution in [3.8, 4) is 0 Å². The maximum absolute atomic E-state index is 11.8. The summed E-state index contributed by atoms with van der Waals surface area (Å²) in [5.74, 6) is -1.11. The van der Waals surface area contributed by atoms with E-state index < -0.39 is 18.5 Å². The first kappa shape index (κ1) is 19.3. The van der Waals surface area contributed by atoms with E-state index in [1.165, 1.54) is 12.2 Å². The minimum atomic E-state index is -0.654. The summed E-state index contributed by atoms with van der Waals surface area (Å²) >= 11 is 5.84. The van der Waals surface area contributed by atoms with Gasteiger partial charge < -0.3 is 10.1 Å². The summed E-state index contributed by atoms with van der Waals surface area (Å²) in [6.07, 6.45) is 4.39. The third-order valence-electron chi connectivity index (χ3n) is 3.59. The maximum Gasteiger partial charge on any atom is 0.331 e. The van der Waals surface area contributed by atoms with E-state index in [0.29, 0.717) is 22.9 Å². The van der Waals surface area contributed by atoms with Crippen molar-refractivity contribution < 1.29 is 14.3 Å². The maximum atomic E-state index is 11.8. The number of nitrogens with zero attached hydrogens (tertiary/aromatic N) is 3. The Morgan fingerprint density at radius 2 is 1.96 bits per heavy atom. The second kappa shape index (κ2) is 9.48. The first-order chi connectivity index (χ1) is 13.6. The van der Waals surface area contributed by atoms with Crippen molar-refractivity contribution in [2.75, 3.05) is 11.9 Å². The normalized spacial score (nSPS) is 10.8. The number of carbonyl (C=O) groups is 2. The molecule has 0 saturated heterocycles. The second-order valence-corrected chi connectivity index (χ2v) is 6.26. The molecule has 1 N–H and O–H groups in total. The third kappa shape index (κ3) is 6.07. The van der Waals surface area contributed by atoms with E-state index in [1.54, 1.807) is 35.1 Å². The van der Waals surface area contributed by atoms with Crippen LogP contribution in [0.15, 0.2) is 66.9 Å². The van der Waals surface area contributed by atoms with Gasteiger partial charge in [0.05, 0.1) is 12.7 Å². The van der Waals surface area contributed by atoms with E-state index in [4.69, 9.17) is 16.3 Å². The predicted molar refractivity (Wildman–Crippen MR) is 106 cm³/mol. The highest BCUT2D eigenvalue weighted by Crippen LogP contribution is 2.14. The van der Waals surface area contributed by atoms with Crippen LogP contribution in [0.4, 0.5) is 5.69 Å². The van der Waals surface area contributed by atoms with Gasteiger partial charge in [-0.25, -0.2) is 9.48 Å². The molecule has 7 nitrogen and oxygen atoms in total. The third-order valence-corrected chi connectivity index (χ3v) is 3.82. The lowest BCUT2D eigenvalue weighted by molar-refractivity contribution is -0.142. The van der Waals surface area contributed by atoms with E-state index in [2.05, 4.69) is 15.6 Å². The van der Waals surface area contributed by atoms with E-state index in [-0.39, 0.29) is 0 Å². The van der Waals surface area contributed by atoms with Crippen LogP contribution in [0.25, 0.3) is 6.08 Å². The predicted octanol–water partition coefficient (Wildman–Crippen LogP) is 3.17. The molecule has 0 spiro atoms. The number of halogens is 1. The lowest BCUT2D eigenvalue weighted by Crippen LogP contribution is -2.20. The van der Waals surface area contributed by atoms with Gasteiger partial charge in [-0.15, -0.1) is 5.10 Å². The SMILES string of the molecule is O=C(COC(=O)/C=C/c1cn(Cc2ccccc2)nn1)Nc1cccc(Cl)c1. The van der Waals surface area contributed by atoms with Crippen LogP contribution in [0.5, 0.6) is 0 Å². The molecule has 0 aliphatic rings. The molecule has 3 rings (SSSR count). The summed E-state index contributed by atoms with van der Waals surface area (Å²) in [6, 6.07) is 16.5. The van der Waals surface area contributed by atoms with Gasteiger partial charge in [-0.05, 0) is 29.8 Å². The smallest absolute Gasteiger partial charge is 0.331 e. The van der Waals surface area contributed by atoms with Gasteiger partial charge in [0.1, 0.15) is 5.69 Å². The van der Waals surface area contributed by atoms with Crippen LogP contribution < -0.4 is 5.32 Å². The van der Waals surface area contributed by atoms with Crippen LogP contribution in [-0.2, 0) is 20.9 Å². The van der Waals surface area contributed by atoms with Gasteiger partial charge in [0, 0.05) is 16.8 Å².